The SMILES string of the molecule is Nc1cc(F)ccc1NC(=O)/C=C/c1ccc2c(c1)CCC2NC(=O)c1cc(C(F)(F)F)cc(C(F)(F)F)c1. The van der Waals surface area contributed by atoms with Crippen molar-refractivity contribution < 1.29 is 40.3 Å². The molecule has 5 nitrogen and oxygen atoms in total. The Morgan fingerprint density at radius 2 is 1.56 bits per heavy atom. The van der Waals surface area contributed by atoms with Gasteiger partial charge in [-0.1, -0.05) is 18.2 Å². The number of nitrogens with one attached hydrogen (secondary N) is 2. The predicted molar refractivity (Wildman–Crippen MR) is 130 cm³/mol. The normalized spacial score (nSPS) is 15.3. The Bertz CT molecular complexity index is 1430. The van der Waals surface area contributed by atoms with Crippen LogP contribution in [0.2, 0.25) is 0 Å². The van der Waals surface area contributed by atoms with Gasteiger partial charge in [0.15, 0.2) is 0 Å². The maximum absolute atomic E-state index is 13.2. The maximum atomic E-state index is 13.2. The second kappa shape index (κ2) is 10.4. The Balaban J connectivity index is 1.47. The van der Waals surface area contributed by atoms with Gasteiger partial charge in [0.05, 0.1) is 28.5 Å². The van der Waals surface area contributed by atoms with Gasteiger partial charge in [0, 0.05) is 11.6 Å². The molecule has 3 aromatic rings. The van der Waals surface area contributed by atoms with Crippen LogP contribution in [0.15, 0.2) is 60.7 Å². The number of aryl methyl sites for hydroxylation is 1. The smallest absolute Gasteiger partial charge is 0.397 e. The quantitative estimate of drug-likeness (QED) is 0.192. The average molecular weight is 551 g/mol. The molecule has 39 heavy (non-hydrogen) atoms. The van der Waals surface area contributed by atoms with Crippen molar-refractivity contribution in [2.75, 3.05) is 11.1 Å². The first kappa shape index (κ1) is 27.7. The Labute approximate surface area is 217 Å². The number of carbonyl (C=O) groups is 2. The number of nitrogens with two attached hydrogens (primary N) is 1. The number of hydrogen-bond acceptors (Lipinski definition) is 3. The van der Waals surface area contributed by atoms with Crippen LogP contribution >= 0.6 is 0 Å². The van der Waals surface area contributed by atoms with E-state index in [2.05, 4.69) is 10.6 Å². The van der Waals surface area contributed by atoms with E-state index >= 15 is 0 Å². The van der Waals surface area contributed by atoms with Crippen molar-refractivity contribution in [2.45, 2.75) is 31.2 Å². The van der Waals surface area contributed by atoms with E-state index in [0.29, 0.717) is 36.1 Å². The summed E-state index contributed by atoms with van der Waals surface area (Å²) in [5, 5.41) is 5.05. The summed E-state index contributed by atoms with van der Waals surface area (Å²) in [5.41, 5.74) is 4.16. The molecule has 0 heterocycles. The first-order chi connectivity index (χ1) is 18.2. The second-order valence-corrected chi connectivity index (χ2v) is 8.87. The van der Waals surface area contributed by atoms with Gasteiger partial charge in [0.1, 0.15) is 5.82 Å². The molecule has 4 N–H and O–H groups in total. The van der Waals surface area contributed by atoms with Crippen LogP contribution in [0, 0.1) is 5.82 Å². The number of anilines is 2. The highest BCUT2D eigenvalue weighted by Crippen LogP contribution is 2.37. The molecule has 0 aliphatic heterocycles. The summed E-state index contributed by atoms with van der Waals surface area (Å²) in [4.78, 5) is 24.9. The van der Waals surface area contributed by atoms with Crippen molar-refractivity contribution >= 4 is 29.3 Å². The van der Waals surface area contributed by atoms with Crippen molar-refractivity contribution in [1.82, 2.24) is 5.32 Å². The summed E-state index contributed by atoms with van der Waals surface area (Å²) in [7, 11) is 0. The molecule has 0 radical (unpaired) electrons. The van der Waals surface area contributed by atoms with Crippen molar-refractivity contribution in [3.8, 4) is 0 Å². The van der Waals surface area contributed by atoms with Crippen LogP contribution < -0.4 is 16.4 Å². The van der Waals surface area contributed by atoms with Crippen molar-refractivity contribution in [3.63, 3.8) is 0 Å². The average Bonchev–Trinajstić information content (AvgIpc) is 3.25. The third kappa shape index (κ3) is 6.57. The van der Waals surface area contributed by atoms with Gasteiger partial charge in [0.2, 0.25) is 5.91 Å². The Morgan fingerprint density at radius 3 is 2.18 bits per heavy atom. The van der Waals surface area contributed by atoms with Gasteiger partial charge < -0.3 is 16.4 Å². The number of carbonyl (C=O) groups excluding carboxylic acids is 2. The number of fused-ring (bicyclic) bond motifs is 1. The predicted octanol–water partition coefficient (Wildman–Crippen LogP) is 6.51. The molecule has 1 atom stereocenters. The lowest BCUT2D eigenvalue weighted by molar-refractivity contribution is -0.143. The lowest BCUT2D eigenvalue weighted by Crippen LogP contribution is -2.28. The molecule has 0 saturated carbocycles. The largest absolute Gasteiger partial charge is 0.416 e. The molecule has 3 aromatic carbocycles. The molecule has 1 unspecified atom stereocenters. The van der Waals surface area contributed by atoms with E-state index in [9.17, 15) is 40.3 Å². The molecule has 0 saturated heterocycles. The molecular weight excluding hydrogens is 531 g/mol. The summed E-state index contributed by atoms with van der Waals surface area (Å²) in [6.45, 7) is 0. The van der Waals surface area contributed by atoms with Crippen molar-refractivity contribution in [3.05, 3.63) is 99.9 Å². The van der Waals surface area contributed by atoms with Gasteiger partial charge >= 0.3 is 12.4 Å². The molecule has 0 bridgehead atoms. The van der Waals surface area contributed by atoms with Gasteiger partial charge in [-0.05, 0) is 72.0 Å². The second-order valence-electron chi connectivity index (χ2n) is 8.87. The monoisotopic (exact) mass is 551 g/mol. The summed E-state index contributed by atoms with van der Waals surface area (Å²) < 4.78 is 92.0. The molecule has 0 aromatic heterocycles. The minimum Gasteiger partial charge on any atom is -0.397 e. The van der Waals surface area contributed by atoms with Gasteiger partial charge in [0.25, 0.3) is 5.91 Å². The summed E-state index contributed by atoms with van der Waals surface area (Å²) >= 11 is 0. The maximum Gasteiger partial charge on any atom is 0.416 e. The molecule has 1 aliphatic carbocycles. The standard InChI is InChI=1S/C27H20F7N3O2/c28-19-4-7-23(21(35)13-19)36-24(38)8-2-14-1-5-20-15(9-14)3-6-22(20)37-25(39)16-10-17(26(29,30)31)12-18(11-16)27(32,33)34/h1-2,4-5,7-13,22H,3,6,35H2,(H,36,38)(H,37,39)/b8-2+. The molecule has 0 spiro atoms. The molecule has 1 aliphatic rings. The highest BCUT2D eigenvalue weighted by molar-refractivity contribution is 6.03. The number of benzene rings is 3. The van der Waals surface area contributed by atoms with E-state index in [1.165, 1.54) is 18.2 Å². The molecule has 4 rings (SSSR count). The van der Waals surface area contributed by atoms with E-state index in [0.717, 1.165) is 17.7 Å². The van der Waals surface area contributed by atoms with E-state index in [-0.39, 0.29) is 17.4 Å². The molecular formula is C27H20F7N3O2. The fourth-order valence-corrected chi connectivity index (χ4v) is 4.21. The van der Waals surface area contributed by atoms with Crippen LogP contribution in [-0.2, 0) is 23.6 Å². The van der Waals surface area contributed by atoms with Gasteiger partial charge in [-0.15, -0.1) is 0 Å². The Hall–Kier alpha value is -4.35. The number of rotatable bonds is 5. The van der Waals surface area contributed by atoms with Crippen LogP contribution in [0.3, 0.4) is 0 Å². The van der Waals surface area contributed by atoms with E-state index in [4.69, 9.17) is 5.73 Å². The van der Waals surface area contributed by atoms with E-state index in [1.54, 1.807) is 18.2 Å². The van der Waals surface area contributed by atoms with Crippen LogP contribution in [0.25, 0.3) is 6.08 Å². The molecule has 204 valence electrons. The zero-order chi connectivity index (χ0) is 28.5. The van der Waals surface area contributed by atoms with Gasteiger partial charge in [-0.2, -0.15) is 26.3 Å². The zero-order valence-electron chi connectivity index (χ0n) is 19.9. The first-order valence-corrected chi connectivity index (χ1v) is 11.5. The number of amides is 2. The highest BCUT2D eigenvalue weighted by atomic mass is 19.4. The number of hydrogen-bond donors (Lipinski definition) is 3. The minimum absolute atomic E-state index is 0.0361. The van der Waals surface area contributed by atoms with Crippen molar-refractivity contribution in [1.29, 1.82) is 0 Å². The van der Waals surface area contributed by atoms with E-state index in [1.807, 2.05) is 0 Å². The molecule has 2 amide bonds. The highest BCUT2D eigenvalue weighted by Gasteiger charge is 2.38. The summed E-state index contributed by atoms with van der Waals surface area (Å²) in [5.74, 6) is -2.13. The Kier molecular flexibility index (Phi) is 7.40. The minimum atomic E-state index is -5.07. The fourth-order valence-electron chi connectivity index (χ4n) is 4.21. The van der Waals surface area contributed by atoms with Crippen LogP contribution in [-0.4, -0.2) is 11.8 Å². The van der Waals surface area contributed by atoms with Crippen LogP contribution in [0.1, 0.15) is 50.6 Å². The molecule has 12 heteroatoms. The fraction of sp³-hybridized carbons (Fsp3) is 0.185. The van der Waals surface area contributed by atoms with Crippen LogP contribution in [0.5, 0.6) is 0 Å². The van der Waals surface area contributed by atoms with Gasteiger partial charge in [-0.3, -0.25) is 9.59 Å². The lowest BCUT2D eigenvalue weighted by atomic mass is 10.0. The zero-order valence-corrected chi connectivity index (χ0v) is 19.9. The third-order valence-corrected chi connectivity index (χ3v) is 6.10. The van der Waals surface area contributed by atoms with E-state index < -0.39 is 52.7 Å². The van der Waals surface area contributed by atoms with Crippen LogP contribution in [0.4, 0.5) is 42.1 Å². The summed E-state index contributed by atoms with van der Waals surface area (Å²) in [6, 6.07) is 8.71. The summed E-state index contributed by atoms with van der Waals surface area (Å²) in [6.07, 6.45) is -6.52. The lowest BCUT2D eigenvalue weighted by Gasteiger charge is -2.17. The first-order valence-electron chi connectivity index (χ1n) is 11.5. The molecule has 0 fully saturated rings. The Morgan fingerprint density at radius 1 is 0.897 bits per heavy atom. The topological polar surface area (TPSA) is 84.2 Å². The number of nitrogen functional groups attached to an aromatic ring is 1. The third-order valence-electron chi connectivity index (χ3n) is 6.10. The number of halogens is 7. The number of alkyl halides is 6. The van der Waals surface area contributed by atoms with Crippen molar-refractivity contribution in [2.24, 2.45) is 0 Å². The van der Waals surface area contributed by atoms with Gasteiger partial charge in [-0.25, -0.2) is 4.39 Å².